The number of halogens is 4. The van der Waals surface area contributed by atoms with Gasteiger partial charge in [-0.05, 0) is 30.9 Å². The largest absolute Gasteiger partial charge is 0.419 e. The normalized spacial score (nSPS) is 16.0. The first-order valence-electron chi connectivity index (χ1n) is 8.63. The molecule has 4 nitrogen and oxygen atoms in total. The summed E-state index contributed by atoms with van der Waals surface area (Å²) in [6, 6.07) is 4.15. The Bertz CT molecular complexity index is 928. The SMILES string of the molecule is CC(C)(C)c1c/c(=N\C(=O)c2cccc(C(F)(F)F)c2F)n(CC2CC2)o1. The Kier molecular flexibility index (Phi) is 4.78. The fourth-order valence-corrected chi connectivity index (χ4v) is 2.57. The van der Waals surface area contributed by atoms with E-state index in [4.69, 9.17) is 4.52 Å². The van der Waals surface area contributed by atoms with Crippen molar-refractivity contribution in [3.05, 3.63) is 52.5 Å². The number of hydrogen-bond donors (Lipinski definition) is 0. The minimum atomic E-state index is -4.89. The Labute approximate surface area is 153 Å². The van der Waals surface area contributed by atoms with E-state index >= 15 is 0 Å². The van der Waals surface area contributed by atoms with Crippen molar-refractivity contribution in [2.75, 3.05) is 0 Å². The predicted octanol–water partition coefficient (Wildman–Crippen LogP) is 4.69. The second-order valence-electron chi connectivity index (χ2n) is 7.79. The number of aromatic nitrogens is 1. The maximum absolute atomic E-state index is 14.2. The molecule has 1 amide bonds. The van der Waals surface area contributed by atoms with Gasteiger partial charge in [-0.3, -0.25) is 4.79 Å². The molecule has 0 unspecified atom stereocenters. The molecule has 1 aliphatic rings. The van der Waals surface area contributed by atoms with Crippen LogP contribution in [0.25, 0.3) is 0 Å². The van der Waals surface area contributed by atoms with E-state index in [0.29, 0.717) is 24.3 Å². The molecule has 0 aliphatic heterocycles. The Balaban J connectivity index is 2.04. The van der Waals surface area contributed by atoms with E-state index in [0.717, 1.165) is 25.0 Å². The molecule has 1 heterocycles. The first kappa shape index (κ1) is 19.4. The van der Waals surface area contributed by atoms with Crippen molar-refractivity contribution in [3.8, 4) is 0 Å². The van der Waals surface area contributed by atoms with Crippen LogP contribution in [0.15, 0.2) is 33.8 Å². The van der Waals surface area contributed by atoms with Gasteiger partial charge in [-0.25, -0.2) is 4.39 Å². The van der Waals surface area contributed by atoms with Gasteiger partial charge in [-0.15, -0.1) is 0 Å². The molecule has 1 fully saturated rings. The van der Waals surface area contributed by atoms with E-state index in [1.165, 1.54) is 4.74 Å². The molecule has 1 aromatic heterocycles. The van der Waals surface area contributed by atoms with E-state index in [2.05, 4.69) is 4.99 Å². The average molecular weight is 384 g/mol. The molecule has 3 rings (SSSR count). The van der Waals surface area contributed by atoms with Crippen LogP contribution in [0.1, 0.15) is 55.3 Å². The third kappa shape index (κ3) is 4.31. The van der Waals surface area contributed by atoms with E-state index in [9.17, 15) is 22.4 Å². The van der Waals surface area contributed by atoms with Gasteiger partial charge in [-0.1, -0.05) is 26.8 Å². The quantitative estimate of drug-likeness (QED) is 0.721. The van der Waals surface area contributed by atoms with Gasteiger partial charge in [-0.2, -0.15) is 22.9 Å². The summed E-state index contributed by atoms with van der Waals surface area (Å²) in [7, 11) is 0. The number of carbonyl (C=O) groups excluding carboxylic acids is 1. The summed E-state index contributed by atoms with van der Waals surface area (Å²) in [6.45, 7) is 6.29. The van der Waals surface area contributed by atoms with Gasteiger partial charge in [0, 0.05) is 11.5 Å². The van der Waals surface area contributed by atoms with E-state index in [1.54, 1.807) is 6.07 Å². The molecule has 146 valence electrons. The summed E-state index contributed by atoms with van der Waals surface area (Å²) in [5.41, 5.74) is -2.38. The van der Waals surface area contributed by atoms with Crippen LogP contribution in [0, 0.1) is 11.7 Å². The Morgan fingerprint density at radius 2 is 1.93 bits per heavy atom. The lowest BCUT2D eigenvalue weighted by Gasteiger charge is -2.13. The molecule has 0 saturated heterocycles. The van der Waals surface area contributed by atoms with E-state index in [-0.39, 0.29) is 10.9 Å². The summed E-state index contributed by atoms with van der Waals surface area (Å²) in [6.07, 6.45) is -2.82. The van der Waals surface area contributed by atoms with Gasteiger partial charge < -0.3 is 4.52 Å². The monoisotopic (exact) mass is 384 g/mol. The molecule has 0 atom stereocenters. The zero-order chi connectivity index (χ0) is 20.0. The van der Waals surface area contributed by atoms with Crippen molar-refractivity contribution in [3.63, 3.8) is 0 Å². The Hall–Kier alpha value is -2.38. The highest BCUT2D eigenvalue weighted by molar-refractivity contribution is 5.95. The zero-order valence-corrected chi connectivity index (χ0v) is 15.2. The lowest BCUT2D eigenvalue weighted by Crippen LogP contribution is -2.19. The Morgan fingerprint density at radius 1 is 1.26 bits per heavy atom. The maximum Gasteiger partial charge on any atom is 0.419 e. The summed E-state index contributed by atoms with van der Waals surface area (Å²) >= 11 is 0. The summed E-state index contributed by atoms with van der Waals surface area (Å²) < 4.78 is 60.0. The molecule has 1 aromatic carbocycles. The van der Waals surface area contributed by atoms with Crippen LogP contribution >= 0.6 is 0 Å². The van der Waals surface area contributed by atoms with Crippen LogP contribution in [0.3, 0.4) is 0 Å². The molecule has 8 heteroatoms. The number of alkyl halides is 3. The van der Waals surface area contributed by atoms with Gasteiger partial charge in [0.1, 0.15) is 11.6 Å². The van der Waals surface area contributed by atoms with Crippen molar-refractivity contribution in [1.82, 2.24) is 4.74 Å². The van der Waals surface area contributed by atoms with Crippen molar-refractivity contribution < 1.29 is 26.9 Å². The topological polar surface area (TPSA) is 47.5 Å². The van der Waals surface area contributed by atoms with Gasteiger partial charge in [0.2, 0.25) is 0 Å². The van der Waals surface area contributed by atoms with Crippen LogP contribution in [-0.2, 0) is 18.1 Å². The molecule has 0 radical (unpaired) electrons. The van der Waals surface area contributed by atoms with Crippen molar-refractivity contribution in [1.29, 1.82) is 0 Å². The minimum absolute atomic E-state index is 0.175. The fraction of sp³-hybridized carbons (Fsp3) is 0.474. The van der Waals surface area contributed by atoms with Crippen molar-refractivity contribution >= 4 is 5.91 Å². The second-order valence-corrected chi connectivity index (χ2v) is 7.79. The third-order valence-electron chi connectivity index (χ3n) is 4.34. The lowest BCUT2D eigenvalue weighted by atomic mass is 9.94. The third-order valence-corrected chi connectivity index (χ3v) is 4.34. The number of carbonyl (C=O) groups is 1. The van der Waals surface area contributed by atoms with E-state index in [1.807, 2.05) is 20.8 Å². The molecule has 0 spiro atoms. The maximum atomic E-state index is 14.2. The summed E-state index contributed by atoms with van der Waals surface area (Å²) in [5.74, 6) is -1.70. The van der Waals surface area contributed by atoms with Crippen LogP contribution in [0.5, 0.6) is 0 Å². The van der Waals surface area contributed by atoms with Crippen LogP contribution in [0.2, 0.25) is 0 Å². The zero-order valence-electron chi connectivity index (χ0n) is 15.2. The average Bonchev–Trinajstić information content (AvgIpc) is 3.25. The van der Waals surface area contributed by atoms with Crippen LogP contribution < -0.4 is 5.49 Å². The lowest BCUT2D eigenvalue weighted by molar-refractivity contribution is -0.140. The summed E-state index contributed by atoms with van der Waals surface area (Å²) in [4.78, 5) is 16.2. The molecular formula is C19H20F4N2O2. The molecule has 1 saturated carbocycles. The number of rotatable bonds is 3. The van der Waals surface area contributed by atoms with E-state index < -0.39 is 29.0 Å². The Morgan fingerprint density at radius 3 is 2.48 bits per heavy atom. The smallest absolute Gasteiger partial charge is 0.382 e. The number of nitrogens with zero attached hydrogens (tertiary/aromatic N) is 2. The molecule has 2 aromatic rings. The standard InChI is InChI=1S/C19H20F4N2O2/c1-18(2,3)14-9-15(25(27-14)10-11-7-8-11)24-17(26)12-5-4-6-13(16(12)20)19(21,22)23/h4-6,9,11H,7-8,10H2,1-3H3/b24-15+. The van der Waals surface area contributed by atoms with Crippen molar-refractivity contribution in [2.45, 2.75) is 51.7 Å². The first-order valence-corrected chi connectivity index (χ1v) is 8.63. The molecule has 27 heavy (non-hydrogen) atoms. The van der Waals surface area contributed by atoms with Crippen molar-refractivity contribution in [2.24, 2.45) is 10.9 Å². The van der Waals surface area contributed by atoms with Gasteiger partial charge >= 0.3 is 6.18 Å². The summed E-state index contributed by atoms with van der Waals surface area (Å²) in [5, 5.41) is 0. The van der Waals surface area contributed by atoms with Gasteiger partial charge in [0.25, 0.3) is 5.91 Å². The van der Waals surface area contributed by atoms with Crippen LogP contribution in [0.4, 0.5) is 17.6 Å². The predicted molar refractivity (Wildman–Crippen MR) is 89.4 cm³/mol. The molecular weight excluding hydrogens is 364 g/mol. The fourth-order valence-electron chi connectivity index (χ4n) is 2.57. The molecule has 1 aliphatic carbocycles. The minimum Gasteiger partial charge on any atom is -0.382 e. The molecule has 0 N–H and O–H groups in total. The molecule has 0 bridgehead atoms. The van der Waals surface area contributed by atoms with Gasteiger partial charge in [0.15, 0.2) is 5.49 Å². The van der Waals surface area contributed by atoms with Gasteiger partial charge in [0.05, 0.1) is 17.7 Å². The highest BCUT2D eigenvalue weighted by atomic mass is 19.4. The highest BCUT2D eigenvalue weighted by Gasteiger charge is 2.35. The number of amides is 1. The first-order chi connectivity index (χ1) is 12.5. The van der Waals surface area contributed by atoms with Crippen LogP contribution in [-0.4, -0.2) is 10.6 Å². The highest BCUT2D eigenvalue weighted by Crippen LogP contribution is 2.33. The number of hydrogen-bond acceptors (Lipinski definition) is 2. The number of benzene rings is 1. The second kappa shape index (κ2) is 6.65.